The van der Waals surface area contributed by atoms with E-state index >= 15 is 0 Å². The van der Waals surface area contributed by atoms with Crippen molar-refractivity contribution in [3.63, 3.8) is 0 Å². The van der Waals surface area contributed by atoms with Gasteiger partial charge >= 0.3 is 0 Å². The predicted molar refractivity (Wildman–Crippen MR) is 84.4 cm³/mol. The summed E-state index contributed by atoms with van der Waals surface area (Å²) in [6.45, 7) is 2.67. The van der Waals surface area contributed by atoms with Gasteiger partial charge in [-0.3, -0.25) is 0 Å². The van der Waals surface area contributed by atoms with Gasteiger partial charge in [0.1, 0.15) is 22.6 Å². The summed E-state index contributed by atoms with van der Waals surface area (Å²) in [6, 6.07) is 12.6. The maximum absolute atomic E-state index is 5.77. The molecule has 0 saturated carbocycles. The Morgan fingerprint density at radius 1 is 1.10 bits per heavy atom. The van der Waals surface area contributed by atoms with Crippen molar-refractivity contribution in [3.05, 3.63) is 63.6 Å². The van der Waals surface area contributed by atoms with Gasteiger partial charge in [0.2, 0.25) is 0 Å². The Bertz CT molecular complexity index is 672. The van der Waals surface area contributed by atoms with E-state index in [4.69, 9.17) is 9.47 Å². The van der Waals surface area contributed by atoms with Gasteiger partial charge in [0.05, 0.1) is 7.11 Å². The Morgan fingerprint density at radius 2 is 1.85 bits per heavy atom. The Morgan fingerprint density at radius 3 is 2.55 bits per heavy atom. The Hall–Kier alpha value is -1.74. The molecule has 0 saturated heterocycles. The summed E-state index contributed by atoms with van der Waals surface area (Å²) in [5.74, 6) is 1.64. The van der Waals surface area contributed by atoms with Crippen LogP contribution in [0.25, 0.3) is 5.57 Å². The Balaban J connectivity index is 2.11. The van der Waals surface area contributed by atoms with Crippen LogP contribution in [0.5, 0.6) is 11.5 Å². The number of methoxy groups -OCH3 is 1. The molecule has 0 radical (unpaired) electrons. The van der Waals surface area contributed by atoms with Gasteiger partial charge in [-0.25, -0.2) is 0 Å². The summed E-state index contributed by atoms with van der Waals surface area (Å²) in [7, 11) is 1.66. The average Bonchev–Trinajstić information content (AvgIpc) is 2.48. The second-order valence-corrected chi connectivity index (χ2v) is 5.55. The monoisotopic (exact) mass is 330 g/mol. The molecule has 0 spiro atoms. The zero-order valence-electron chi connectivity index (χ0n) is 11.4. The fourth-order valence-corrected chi connectivity index (χ4v) is 3.00. The van der Waals surface area contributed by atoms with Crippen LogP contribution in [-0.4, -0.2) is 13.7 Å². The van der Waals surface area contributed by atoms with E-state index in [0.29, 0.717) is 6.61 Å². The van der Waals surface area contributed by atoms with Gasteiger partial charge in [-0.1, -0.05) is 29.8 Å². The number of benzene rings is 2. The van der Waals surface area contributed by atoms with Crippen molar-refractivity contribution < 1.29 is 9.47 Å². The molecule has 2 aromatic rings. The standard InChI is InChI=1S/C17H15BrO2/c1-11-3-5-12(6-4-11)13-9-10-20-17-14(13)7-8-15(19-2)16(17)18/h3-9H,10H2,1-2H3. The van der Waals surface area contributed by atoms with E-state index in [1.807, 2.05) is 12.1 Å². The molecule has 0 amide bonds. The lowest BCUT2D eigenvalue weighted by Gasteiger charge is -2.21. The molecule has 1 aliphatic heterocycles. The highest BCUT2D eigenvalue weighted by molar-refractivity contribution is 9.10. The second-order valence-electron chi connectivity index (χ2n) is 4.75. The minimum atomic E-state index is 0.571. The molecular weight excluding hydrogens is 316 g/mol. The van der Waals surface area contributed by atoms with Crippen LogP contribution in [0.3, 0.4) is 0 Å². The molecule has 0 N–H and O–H groups in total. The summed E-state index contributed by atoms with van der Waals surface area (Å²) in [6.07, 6.45) is 2.12. The van der Waals surface area contributed by atoms with Gasteiger partial charge in [-0.15, -0.1) is 0 Å². The molecule has 1 aliphatic rings. The van der Waals surface area contributed by atoms with E-state index in [0.717, 1.165) is 21.5 Å². The van der Waals surface area contributed by atoms with Crippen molar-refractivity contribution in [1.82, 2.24) is 0 Å². The van der Waals surface area contributed by atoms with Crippen LogP contribution < -0.4 is 9.47 Å². The van der Waals surface area contributed by atoms with E-state index in [1.54, 1.807) is 7.11 Å². The summed E-state index contributed by atoms with van der Waals surface area (Å²) in [5, 5.41) is 0. The van der Waals surface area contributed by atoms with Gasteiger partial charge in [0.25, 0.3) is 0 Å². The molecule has 0 aliphatic carbocycles. The third-order valence-corrected chi connectivity index (χ3v) is 4.20. The van der Waals surface area contributed by atoms with Crippen molar-refractivity contribution in [1.29, 1.82) is 0 Å². The minimum Gasteiger partial charge on any atom is -0.495 e. The average molecular weight is 331 g/mol. The smallest absolute Gasteiger partial charge is 0.145 e. The van der Waals surface area contributed by atoms with Crippen molar-refractivity contribution in [3.8, 4) is 11.5 Å². The number of ether oxygens (including phenoxy) is 2. The third-order valence-electron chi connectivity index (χ3n) is 3.45. The third kappa shape index (κ3) is 2.22. The zero-order chi connectivity index (χ0) is 14.1. The quantitative estimate of drug-likeness (QED) is 0.801. The van der Waals surface area contributed by atoms with Gasteiger partial charge in [-0.05, 0) is 52.2 Å². The Kier molecular flexibility index (Phi) is 3.53. The molecule has 1 heterocycles. The molecule has 3 heteroatoms. The van der Waals surface area contributed by atoms with Crippen LogP contribution in [0, 0.1) is 6.92 Å². The fraction of sp³-hybridized carbons (Fsp3) is 0.176. The van der Waals surface area contributed by atoms with Crippen LogP contribution in [-0.2, 0) is 0 Å². The van der Waals surface area contributed by atoms with Crippen LogP contribution in [0.1, 0.15) is 16.7 Å². The topological polar surface area (TPSA) is 18.5 Å². The number of aryl methyl sites for hydroxylation is 1. The highest BCUT2D eigenvalue weighted by atomic mass is 79.9. The van der Waals surface area contributed by atoms with Crippen LogP contribution in [0.4, 0.5) is 0 Å². The van der Waals surface area contributed by atoms with Gasteiger partial charge in [0.15, 0.2) is 0 Å². The van der Waals surface area contributed by atoms with Gasteiger partial charge < -0.3 is 9.47 Å². The minimum absolute atomic E-state index is 0.571. The molecule has 2 aromatic carbocycles. The number of hydrogen-bond donors (Lipinski definition) is 0. The predicted octanol–water partition coefficient (Wildman–Crippen LogP) is 4.59. The van der Waals surface area contributed by atoms with Crippen molar-refractivity contribution in [2.45, 2.75) is 6.92 Å². The lowest BCUT2D eigenvalue weighted by atomic mass is 9.95. The van der Waals surface area contributed by atoms with E-state index in [9.17, 15) is 0 Å². The molecule has 102 valence electrons. The molecule has 0 atom stereocenters. The van der Waals surface area contributed by atoms with E-state index in [1.165, 1.54) is 16.7 Å². The molecule has 0 fully saturated rings. The zero-order valence-corrected chi connectivity index (χ0v) is 13.0. The van der Waals surface area contributed by atoms with Gasteiger partial charge in [0, 0.05) is 5.56 Å². The van der Waals surface area contributed by atoms with Crippen molar-refractivity contribution in [2.24, 2.45) is 0 Å². The maximum Gasteiger partial charge on any atom is 0.145 e. The van der Waals surface area contributed by atoms with Crippen LogP contribution in [0.15, 0.2) is 46.9 Å². The Labute approximate surface area is 127 Å². The molecule has 0 unspecified atom stereocenters. The van der Waals surface area contributed by atoms with E-state index in [-0.39, 0.29) is 0 Å². The molecule has 3 rings (SSSR count). The maximum atomic E-state index is 5.77. The van der Waals surface area contributed by atoms with Crippen molar-refractivity contribution >= 4 is 21.5 Å². The van der Waals surface area contributed by atoms with Crippen LogP contribution >= 0.6 is 15.9 Å². The molecular formula is C17H15BrO2. The molecule has 20 heavy (non-hydrogen) atoms. The SMILES string of the molecule is COc1ccc2c(c1Br)OCC=C2c1ccc(C)cc1. The lowest BCUT2D eigenvalue weighted by molar-refractivity contribution is 0.348. The number of rotatable bonds is 2. The van der Waals surface area contributed by atoms with Gasteiger partial charge in [-0.2, -0.15) is 0 Å². The normalized spacial score (nSPS) is 13.2. The summed E-state index contributed by atoms with van der Waals surface area (Å²) >= 11 is 3.56. The molecule has 2 nitrogen and oxygen atoms in total. The summed E-state index contributed by atoms with van der Waals surface area (Å²) < 4.78 is 12.0. The number of halogens is 1. The first-order valence-corrected chi connectivity index (χ1v) is 7.27. The second kappa shape index (κ2) is 5.33. The first-order valence-electron chi connectivity index (χ1n) is 6.47. The summed E-state index contributed by atoms with van der Waals surface area (Å²) in [5.41, 5.74) is 4.76. The fourth-order valence-electron chi connectivity index (χ4n) is 2.37. The van der Waals surface area contributed by atoms with E-state index < -0.39 is 0 Å². The number of hydrogen-bond acceptors (Lipinski definition) is 2. The highest BCUT2D eigenvalue weighted by Crippen LogP contribution is 2.43. The number of fused-ring (bicyclic) bond motifs is 1. The van der Waals surface area contributed by atoms with E-state index in [2.05, 4.69) is 53.2 Å². The summed E-state index contributed by atoms with van der Waals surface area (Å²) in [4.78, 5) is 0. The van der Waals surface area contributed by atoms with Crippen molar-refractivity contribution in [2.75, 3.05) is 13.7 Å². The first kappa shape index (κ1) is 13.3. The highest BCUT2D eigenvalue weighted by Gasteiger charge is 2.20. The first-order chi connectivity index (χ1) is 9.70. The molecule has 0 aromatic heterocycles. The van der Waals surface area contributed by atoms with Crippen LogP contribution in [0.2, 0.25) is 0 Å². The lowest BCUT2D eigenvalue weighted by Crippen LogP contribution is -2.06. The molecule has 0 bridgehead atoms. The largest absolute Gasteiger partial charge is 0.495 e.